The van der Waals surface area contributed by atoms with Crippen LogP contribution in [0.1, 0.15) is 26.2 Å². The molecule has 0 aromatic heterocycles. The number of nitrogens with two attached hydrogens (primary N) is 1. The summed E-state index contributed by atoms with van der Waals surface area (Å²) in [6.45, 7) is 1.77. The van der Waals surface area contributed by atoms with Crippen LogP contribution < -0.4 is 11.1 Å². The third kappa shape index (κ3) is 6.52. The van der Waals surface area contributed by atoms with Gasteiger partial charge in [0.25, 0.3) is 0 Å². The molecule has 0 aromatic rings. The number of hydrogen-bond acceptors (Lipinski definition) is 3. The Labute approximate surface area is 89.0 Å². The fraction of sp³-hybridized carbons (Fsp3) is 0.600. The number of hydrogen-bond donors (Lipinski definition) is 3. The zero-order valence-corrected chi connectivity index (χ0v) is 8.69. The van der Waals surface area contributed by atoms with Crippen molar-refractivity contribution in [3.05, 3.63) is 0 Å². The number of carboxylic acid groups (broad SMARTS) is 1. The van der Waals surface area contributed by atoms with Gasteiger partial charge in [0, 0.05) is 18.9 Å². The minimum atomic E-state index is -0.963. The van der Waals surface area contributed by atoms with Gasteiger partial charge in [0.05, 0.1) is 6.04 Å². The van der Waals surface area contributed by atoms with Crippen LogP contribution in [-0.2, 0) is 9.59 Å². The maximum absolute atomic E-state index is 11.3. The van der Waals surface area contributed by atoms with Crippen LogP contribution in [0.5, 0.6) is 0 Å². The standard InChI is InChI=1S/C10H16N2O3/c1-3-4-7(2)12-10(15)8(11)5-6-9(13)14/h1,7-8H,4-6,11H2,2H3,(H,12,15)(H,13,14). The van der Waals surface area contributed by atoms with Gasteiger partial charge < -0.3 is 16.2 Å². The minimum Gasteiger partial charge on any atom is -0.481 e. The first kappa shape index (κ1) is 13.5. The molecule has 0 saturated carbocycles. The summed E-state index contributed by atoms with van der Waals surface area (Å²) >= 11 is 0. The van der Waals surface area contributed by atoms with Gasteiger partial charge in [0.2, 0.25) is 5.91 Å². The summed E-state index contributed by atoms with van der Waals surface area (Å²) in [7, 11) is 0. The minimum absolute atomic E-state index is 0.113. The number of terminal acetylenes is 1. The molecule has 0 bridgehead atoms. The molecule has 0 aliphatic heterocycles. The van der Waals surface area contributed by atoms with E-state index in [9.17, 15) is 9.59 Å². The van der Waals surface area contributed by atoms with Gasteiger partial charge in [-0.1, -0.05) is 0 Å². The van der Waals surface area contributed by atoms with Crippen molar-refractivity contribution in [1.29, 1.82) is 0 Å². The molecule has 0 rings (SSSR count). The molecule has 0 saturated heterocycles. The first-order valence-corrected chi connectivity index (χ1v) is 4.68. The van der Waals surface area contributed by atoms with E-state index in [1.165, 1.54) is 0 Å². The lowest BCUT2D eigenvalue weighted by Crippen LogP contribution is -2.44. The molecule has 15 heavy (non-hydrogen) atoms. The summed E-state index contributed by atoms with van der Waals surface area (Å²) in [5, 5.41) is 11.0. The zero-order valence-electron chi connectivity index (χ0n) is 8.69. The van der Waals surface area contributed by atoms with Crippen molar-refractivity contribution in [2.24, 2.45) is 5.73 Å². The van der Waals surface area contributed by atoms with E-state index in [4.69, 9.17) is 17.3 Å². The maximum atomic E-state index is 11.3. The van der Waals surface area contributed by atoms with E-state index in [2.05, 4.69) is 11.2 Å². The number of carbonyl (C=O) groups excluding carboxylic acids is 1. The average molecular weight is 212 g/mol. The molecule has 2 atom stereocenters. The first-order chi connectivity index (χ1) is 6.97. The van der Waals surface area contributed by atoms with Gasteiger partial charge in [0.15, 0.2) is 0 Å². The van der Waals surface area contributed by atoms with E-state index in [-0.39, 0.29) is 24.8 Å². The van der Waals surface area contributed by atoms with Crippen molar-refractivity contribution >= 4 is 11.9 Å². The number of carbonyl (C=O) groups is 2. The van der Waals surface area contributed by atoms with E-state index >= 15 is 0 Å². The summed E-state index contributed by atoms with van der Waals surface area (Å²) in [5.41, 5.74) is 5.48. The fourth-order valence-corrected chi connectivity index (χ4v) is 0.988. The molecule has 0 heterocycles. The summed E-state index contributed by atoms with van der Waals surface area (Å²) in [6.07, 6.45) is 5.51. The van der Waals surface area contributed by atoms with E-state index in [1.54, 1.807) is 6.92 Å². The van der Waals surface area contributed by atoms with Gasteiger partial charge in [-0.3, -0.25) is 9.59 Å². The highest BCUT2D eigenvalue weighted by Crippen LogP contribution is 1.96. The Morgan fingerprint density at radius 3 is 2.67 bits per heavy atom. The molecular formula is C10H16N2O3. The highest BCUT2D eigenvalue weighted by atomic mass is 16.4. The molecule has 2 unspecified atom stereocenters. The lowest BCUT2D eigenvalue weighted by Gasteiger charge is -2.15. The number of nitrogens with one attached hydrogen (secondary N) is 1. The largest absolute Gasteiger partial charge is 0.481 e. The van der Waals surface area contributed by atoms with Crippen LogP contribution in [0.25, 0.3) is 0 Å². The zero-order chi connectivity index (χ0) is 11.8. The summed E-state index contributed by atoms with van der Waals surface area (Å²) < 4.78 is 0. The SMILES string of the molecule is C#CCC(C)NC(=O)C(N)CCC(=O)O. The highest BCUT2D eigenvalue weighted by molar-refractivity contribution is 5.82. The van der Waals surface area contributed by atoms with Gasteiger partial charge in [0.1, 0.15) is 0 Å². The molecule has 0 aromatic carbocycles. The quantitative estimate of drug-likeness (QED) is 0.527. The van der Waals surface area contributed by atoms with Crippen LogP contribution in [0.2, 0.25) is 0 Å². The van der Waals surface area contributed by atoms with Gasteiger partial charge >= 0.3 is 5.97 Å². The second-order valence-electron chi connectivity index (χ2n) is 3.36. The molecule has 5 heteroatoms. The number of amides is 1. The van der Waals surface area contributed by atoms with Gasteiger partial charge in [-0.25, -0.2) is 0 Å². The molecule has 1 amide bonds. The van der Waals surface area contributed by atoms with E-state index in [0.29, 0.717) is 6.42 Å². The van der Waals surface area contributed by atoms with Crippen LogP contribution in [0.4, 0.5) is 0 Å². The number of carboxylic acids is 1. The Morgan fingerprint density at radius 1 is 1.60 bits per heavy atom. The molecule has 0 fully saturated rings. The molecule has 4 N–H and O–H groups in total. The van der Waals surface area contributed by atoms with E-state index in [1.807, 2.05) is 0 Å². The predicted molar refractivity (Wildman–Crippen MR) is 55.9 cm³/mol. The fourth-order valence-electron chi connectivity index (χ4n) is 0.988. The second kappa shape index (κ2) is 6.85. The van der Waals surface area contributed by atoms with E-state index in [0.717, 1.165) is 0 Å². The Bertz CT molecular complexity index is 270. The molecular weight excluding hydrogens is 196 g/mol. The highest BCUT2D eigenvalue weighted by Gasteiger charge is 2.16. The van der Waals surface area contributed by atoms with Crippen LogP contribution in [0.15, 0.2) is 0 Å². The van der Waals surface area contributed by atoms with E-state index < -0.39 is 12.0 Å². The van der Waals surface area contributed by atoms with Crippen molar-refractivity contribution in [3.63, 3.8) is 0 Å². The van der Waals surface area contributed by atoms with Crippen LogP contribution in [0, 0.1) is 12.3 Å². The molecule has 0 spiro atoms. The molecule has 0 aliphatic carbocycles. The van der Waals surface area contributed by atoms with Gasteiger partial charge in [-0.15, -0.1) is 12.3 Å². The summed E-state index contributed by atoms with van der Waals surface area (Å²) in [5.74, 6) is 1.09. The summed E-state index contributed by atoms with van der Waals surface area (Å²) in [6, 6.07) is -0.931. The van der Waals surface area contributed by atoms with Crippen LogP contribution >= 0.6 is 0 Å². The van der Waals surface area contributed by atoms with Gasteiger partial charge in [-0.05, 0) is 13.3 Å². The Balaban J connectivity index is 3.89. The maximum Gasteiger partial charge on any atom is 0.303 e. The smallest absolute Gasteiger partial charge is 0.303 e. The lowest BCUT2D eigenvalue weighted by molar-refractivity contribution is -0.137. The first-order valence-electron chi connectivity index (χ1n) is 4.68. The van der Waals surface area contributed by atoms with Crippen LogP contribution in [-0.4, -0.2) is 29.1 Å². The van der Waals surface area contributed by atoms with Crippen molar-refractivity contribution < 1.29 is 14.7 Å². The van der Waals surface area contributed by atoms with Crippen molar-refractivity contribution in [3.8, 4) is 12.3 Å². The average Bonchev–Trinajstić information content (AvgIpc) is 2.14. The second-order valence-corrected chi connectivity index (χ2v) is 3.36. The number of aliphatic carboxylic acids is 1. The third-order valence-electron chi connectivity index (χ3n) is 1.82. The molecule has 84 valence electrons. The molecule has 5 nitrogen and oxygen atoms in total. The summed E-state index contributed by atoms with van der Waals surface area (Å²) in [4.78, 5) is 21.6. The van der Waals surface area contributed by atoms with Crippen molar-refractivity contribution in [2.75, 3.05) is 0 Å². The monoisotopic (exact) mass is 212 g/mol. The van der Waals surface area contributed by atoms with Crippen molar-refractivity contribution in [2.45, 2.75) is 38.3 Å². The van der Waals surface area contributed by atoms with Crippen molar-refractivity contribution in [1.82, 2.24) is 5.32 Å². The Kier molecular flexibility index (Phi) is 6.14. The third-order valence-corrected chi connectivity index (χ3v) is 1.82. The Hall–Kier alpha value is -1.54. The Morgan fingerprint density at radius 2 is 2.20 bits per heavy atom. The lowest BCUT2D eigenvalue weighted by atomic mass is 10.1. The predicted octanol–water partition coefficient (Wildman–Crippen LogP) is -0.293. The number of rotatable bonds is 6. The molecule has 0 radical (unpaired) electrons. The normalized spacial score (nSPS) is 13.7. The molecule has 0 aliphatic rings. The van der Waals surface area contributed by atoms with Crippen LogP contribution in [0.3, 0.4) is 0 Å². The topological polar surface area (TPSA) is 92.4 Å². The van der Waals surface area contributed by atoms with Gasteiger partial charge in [-0.2, -0.15) is 0 Å².